The summed E-state index contributed by atoms with van der Waals surface area (Å²) in [5.74, 6) is 0.687. The highest BCUT2D eigenvalue weighted by molar-refractivity contribution is 7.12. The van der Waals surface area contributed by atoms with Crippen LogP contribution in [0.3, 0.4) is 0 Å². The first-order valence-corrected chi connectivity index (χ1v) is 8.93. The van der Waals surface area contributed by atoms with E-state index in [2.05, 4.69) is 24.7 Å². The lowest BCUT2D eigenvalue weighted by Crippen LogP contribution is -2.41. The number of thiophene rings is 1. The minimum Gasteiger partial charge on any atom is -0.490 e. The molecule has 7 heteroatoms. The summed E-state index contributed by atoms with van der Waals surface area (Å²) in [6.45, 7) is 6.98. The van der Waals surface area contributed by atoms with E-state index >= 15 is 0 Å². The number of rotatable bonds is 7. The van der Waals surface area contributed by atoms with Crippen LogP contribution in [0.25, 0.3) is 0 Å². The summed E-state index contributed by atoms with van der Waals surface area (Å²) >= 11 is 1.30. The van der Waals surface area contributed by atoms with Crippen LogP contribution in [0.2, 0.25) is 0 Å². The van der Waals surface area contributed by atoms with Crippen molar-refractivity contribution in [2.45, 2.75) is 20.8 Å². The van der Waals surface area contributed by atoms with Crippen molar-refractivity contribution in [3.63, 3.8) is 0 Å². The van der Waals surface area contributed by atoms with Crippen molar-refractivity contribution in [1.82, 2.24) is 10.9 Å². The Morgan fingerprint density at radius 1 is 1.08 bits per heavy atom. The molecule has 0 aliphatic rings. The summed E-state index contributed by atoms with van der Waals surface area (Å²) in [5.41, 5.74) is 5.15. The van der Waals surface area contributed by atoms with Crippen LogP contribution >= 0.6 is 11.3 Å². The summed E-state index contributed by atoms with van der Waals surface area (Å²) < 4.78 is 11.3. The molecule has 2 aromatic rings. The van der Waals surface area contributed by atoms with Gasteiger partial charge >= 0.3 is 0 Å². The van der Waals surface area contributed by atoms with E-state index in [4.69, 9.17) is 9.47 Å². The molecular weight excluding hydrogens is 340 g/mol. The fraction of sp³-hybridized carbons (Fsp3) is 0.333. The lowest BCUT2D eigenvalue weighted by atomic mass is 10.2. The number of benzene rings is 1. The second-order valence-corrected chi connectivity index (χ2v) is 6.63. The van der Waals surface area contributed by atoms with Gasteiger partial charge in [0.05, 0.1) is 18.1 Å². The standard InChI is InChI=1S/C18H22N2O4S/c1-4-23-15-10-13(7-8-14(15)24-11-12(2)3)17(21)19-20-18(22)16-6-5-9-25-16/h5-10,12H,4,11H2,1-3H3,(H,19,21)(H,20,22). The molecule has 0 unspecified atom stereocenters. The number of hydrogen-bond donors (Lipinski definition) is 2. The minimum absolute atomic E-state index is 0.356. The average molecular weight is 362 g/mol. The molecule has 0 saturated heterocycles. The highest BCUT2D eigenvalue weighted by Crippen LogP contribution is 2.29. The molecule has 0 bridgehead atoms. The molecule has 0 atom stereocenters. The molecule has 0 aliphatic carbocycles. The third-order valence-corrected chi connectivity index (χ3v) is 3.98. The number of hydrogen-bond acceptors (Lipinski definition) is 5. The summed E-state index contributed by atoms with van der Waals surface area (Å²) in [6, 6.07) is 8.38. The van der Waals surface area contributed by atoms with Gasteiger partial charge in [0.2, 0.25) is 0 Å². The molecule has 25 heavy (non-hydrogen) atoms. The predicted molar refractivity (Wildman–Crippen MR) is 97.2 cm³/mol. The Bertz CT molecular complexity index is 714. The van der Waals surface area contributed by atoms with Gasteiger partial charge in [-0.15, -0.1) is 11.3 Å². The van der Waals surface area contributed by atoms with E-state index in [0.717, 1.165) is 0 Å². The Morgan fingerprint density at radius 2 is 1.84 bits per heavy atom. The molecule has 1 aromatic heterocycles. The number of ether oxygens (including phenoxy) is 2. The van der Waals surface area contributed by atoms with Crippen LogP contribution in [-0.4, -0.2) is 25.0 Å². The maximum Gasteiger partial charge on any atom is 0.279 e. The fourth-order valence-electron chi connectivity index (χ4n) is 1.95. The molecule has 134 valence electrons. The van der Waals surface area contributed by atoms with Gasteiger partial charge in [0.15, 0.2) is 11.5 Å². The second-order valence-electron chi connectivity index (χ2n) is 5.68. The Morgan fingerprint density at radius 3 is 2.48 bits per heavy atom. The topological polar surface area (TPSA) is 76.7 Å². The molecule has 2 amide bonds. The van der Waals surface area contributed by atoms with Crippen molar-refractivity contribution in [2.75, 3.05) is 13.2 Å². The van der Waals surface area contributed by atoms with Crippen LogP contribution < -0.4 is 20.3 Å². The number of amides is 2. The summed E-state index contributed by atoms with van der Waals surface area (Å²) in [6.07, 6.45) is 0. The molecule has 0 radical (unpaired) electrons. The summed E-state index contributed by atoms with van der Waals surface area (Å²) in [5, 5.41) is 1.79. The third kappa shape index (κ3) is 5.49. The largest absolute Gasteiger partial charge is 0.490 e. The highest BCUT2D eigenvalue weighted by atomic mass is 32.1. The van der Waals surface area contributed by atoms with Gasteiger partial charge in [-0.3, -0.25) is 20.4 Å². The van der Waals surface area contributed by atoms with Crippen molar-refractivity contribution in [3.05, 3.63) is 46.2 Å². The van der Waals surface area contributed by atoms with Gasteiger partial charge in [-0.25, -0.2) is 0 Å². The quantitative estimate of drug-likeness (QED) is 0.741. The highest BCUT2D eigenvalue weighted by Gasteiger charge is 2.13. The Hall–Kier alpha value is -2.54. The van der Waals surface area contributed by atoms with Gasteiger partial charge in [0.25, 0.3) is 11.8 Å². The monoisotopic (exact) mass is 362 g/mol. The first-order chi connectivity index (χ1) is 12.0. The van der Waals surface area contributed by atoms with E-state index in [1.807, 2.05) is 6.92 Å². The van der Waals surface area contributed by atoms with Gasteiger partial charge in [0, 0.05) is 5.56 Å². The van der Waals surface area contributed by atoms with Crippen LogP contribution in [0, 0.1) is 5.92 Å². The van der Waals surface area contributed by atoms with Crippen LogP contribution in [0.1, 0.15) is 40.8 Å². The molecule has 1 heterocycles. The van der Waals surface area contributed by atoms with E-state index < -0.39 is 5.91 Å². The van der Waals surface area contributed by atoms with Gasteiger partial charge < -0.3 is 9.47 Å². The van der Waals surface area contributed by atoms with E-state index in [-0.39, 0.29) is 5.91 Å². The minimum atomic E-state index is -0.429. The number of hydrazine groups is 1. The number of nitrogens with one attached hydrogen (secondary N) is 2. The molecule has 0 aliphatic heterocycles. The van der Waals surface area contributed by atoms with E-state index in [9.17, 15) is 9.59 Å². The van der Waals surface area contributed by atoms with Gasteiger partial charge in [-0.1, -0.05) is 19.9 Å². The molecule has 2 rings (SSSR count). The number of carbonyl (C=O) groups excluding carboxylic acids is 2. The van der Waals surface area contributed by atoms with E-state index in [0.29, 0.717) is 41.1 Å². The normalized spacial score (nSPS) is 10.4. The molecule has 2 N–H and O–H groups in total. The lowest BCUT2D eigenvalue weighted by molar-refractivity contribution is 0.0848. The summed E-state index contributed by atoms with van der Waals surface area (Å²) in [7, 11) is 0. The molecule has 0 spiro atoms. The van der Waals surface area contributed by atoms with Crippen molar-refractivity contribution in [3.8, 4) is 11.5 Å². The zero-order valence-corrected chi connectivity index (χ0v) is 15.3. The fourth-order valence-corrected chi connectivity index (χ4v) is 2.57. The van der Waals surface area contributed by atoms with E-state index in [1.165, 1.54) is 11.3 Å². The maximum absolute atomic E-state index is 12.2. The first-order valence-electron chi connectivity index (χ1n) is 8.05. The van der Waals surface area contributed by atoms with Crippen LogP contribution in [0.15, 0.2) is 35.7 Å². The van der Waals surface area contributed by atoms with Crippen LogP contribution in [-0.2, 0) is 0 Å². The lowest BCUT2D eigenvalue weighted by Gasteiger charge is -2.14. The van der Waals surface area contributed by atoms with Crippen molar-refractivity contribution in [1.29, 1.82) is 0 Å². The Kier molecular flexibility index (Phi) is 6.82. The zero-order valence-electron chi connectivity index (χ0n) is 14.5. The predicted octanol–water partition coefficient (Wildman–Crippen LogP) is 3.26. The molecule has 6 nitrogen and oxygen atoms in total. The van der Waals surface area contributed by atoms with Gasteiger partial charge in [-0.05, 0) is 42.5 Å². The zero-order chi connectivity index (χ0) is 18.2. The molecule has 1 aromatic carbocycles. The Balaban J connectivity index is 2.03. The SMILES string of the molecule is CCOc1cc(C(=O)NNC(=O)c2cccs2)ccc1OCC(C)C. The smallest absolute Gasteiger partial charge is 0.279 e. The number of carbonyl (C=O) groups is 2. The Labute approximate surface area is 151 Å². The van der Waals surface area contributed by atoms with Gasteiger partial charge in [0.1, 0.15) is 0 Å². The van der Waals surface area contributed by atoms with Crippen LogP contribution in [0.5, 0.6) is 11.5 Å². The van der Waals surface area contributed by atoms with Crippen molar-refractivity contribution in [2.24, 2.45) is 5.92 Å². The van der Waals surface area contributed by atoms with Gasteiger partial charge in [-0.2, -0.15) is 0 Å². The van der Waals surface area contributed by atoms with Crippen LogP contribution in [0.4, 0.5) is 0 Å². The average Bonchev–Trinajstić information content (AvgIpc) is 3.13. The van der Waals surface area contributed by atoms with E-state index in [1.54, 1.807) is 35.7 Å². The first kappa shape index (κ1) is 18.8. The third-order valence-electron chi connectivity index (χ3n) is 3.11. The van der Waals surface area contributed by atoms with Crippen molar-refractivity contribution >= 4 is 23.2 Å². The maximum atomic E-state index is 12.2. The molecule has 0 saturated carbocycles. The molecule has 0 fully saturated rings. The molecular formula is C18H22N2O4S. The van der Waals surface area contributed by atoms with Crippen molar-refractivity contribution < 1.29 is 19.1 Å². The second kappa shape index (κ2) is 9.08. The summed E-state index contributed by atoms with van der Waals surface area (Å²) in [4.78, 5) is 24.6.